The lowest BCUT2D eigenvalue weighted by Crippen LogP contribution is -2.46. The Morgan fingerprint density at radius 2 is 2.09 bits per heavy atom. The summed E-state index contributed by atoms with van der Waals surface area (Å²) in [6.45, 7) is 6.30. The summed E-state index contributed by atoms with van der Waals surface area (Å²) in [4.78, 5) is 12.5. The first-order valence-corrected chi connectivity index (χ1v) is 10.0. The molecule has 1 aliphatic heterocycles. The number of amides is 1. The van der Waals surface area contributed by atoms with Crippen molar-refractivity contribution in [1.82, 2.24) is 9.62 Å². The van der Waals surface area contributed by atoms with Crippen molar-refractivity contribution >= 4 is 31.9 Å². The quantitative estimate of drug-likeness (QED) is 0.841. The van der Waals surface area contributed by atoms with E-state index in [-0.39, 0.29) is 24.4 Å². The number of nitrogens with zero attached hydrogens (tertiary/aromatic N) is 1. The van der Waals surface area contributed by atoms with Crippen molar-refractivity contribution in [1.29, 1.82) is 0 Å². The van der Waals surface area contributed by atoms with Crippen LogP contribution in [0.1, 0.15) is 32.3 Å². The number of benzene rings is 1. The Balaban J connectivity index is 2.21. The van der Waals surface area contributed by atoms with Gasteiger partial charge in [0.25, 0.3) is 0 Å². The second-order valence-electron chi connectivity index (χ2n) is 6.28. The minimum atomic E-state index is -3.57. The van der Waals surface area contributed by atoms with Gasteiger partial charge in [0, 0.05) is 23.6 Å². The molecule has 1 fully saturated rings. The van der Waals surface area contributed by atoms with Gasteiger partial charge in [-0.2, -0.15) is 4.31 Å². The van der Waals surface area contributed by atoms with Gasteiger partial charge in [0.05, 0.1) is 10.8 Å². The van der Waals surface area contributed by atoms with Crippen molar-refractivity contribution in [3.05, 3.63) is 28.2 Å². The van der Waals surface area contributed by atoms with Crippen LogP contribution in [0.2, 0.25) is 0 Å². The molecule has 0 bridgehead atoms. The molecule has 0 aliphatic carbocycles. The zero-order valence-electron chi connectivity index (χ0n) is 13.7. The van der Waals surface area contributed by atoms with E-state index < -0.39 is 10.0 Å². The van der Waals surface area contributed by atoms with Crippen LogP contribution < -0.4 is 5.32 Å². The van der Waals surface area contributed by atoms with E-state index in [0.717, 1.165) is 10.9 Å². The Labute approximate surface area is 146 Å². The first-order valence-electron chi connectivity index (χ1n) is 7.78. The summed E-state index contributed by atoms with van der Waals surface area (Å²) in [6, 6.07) is 5.20. The van der Waals surface area contributed by atoms with Crippen molar-refractivity contribution < 1.29 is 13.2 Å². The van der Waals surface area contributed by atoms with Gasteiger partial charge in [-0.15, -0.1) is 0 Å². The summed E-state index contributed by atoms with van der Waals surface area (Å²) in [5.74, 6) is -0.343. The predicted molar refractivity (Wildman–Crippen MR) is 93.6 cm³/mol. The average Bonchev–Trinajstić information content (AvgIpc) is 2.46. The Hall–Kier alpha value is -0.920. The molecule has 128 valence electrons. The molecule has 23 heavy (non-hydrogen) atoms. The summed E-state index contributed by atoms with van der Waals surface area (Å²) < 4.78 is 28.1. The molecule has 1 aromatic carbocycles. The molecule has 0 saturated carbocycles. The molecule has 2 rings (SSSR count). The molecule has 0 radical (unpaired) electrons. The maximum absolute atomic E-state index is 12.9. The maximum atomic E-state index is 12.9. The smallest absolute Gasteiger partial charge is 0.243 e. The number of carbonyl (C=O) groups excluding carboxylic acids is 1. The van der Waals surface area contributed by atoms with Crippen LogP contribution in [-0.4, -0.2) is 37.8 Å². The Bertz CT molecular complexity index is 689. The zero-order valence-corrected chi connectivity index (χ0v) is 16.1. The van der Waals surface area contributed by atoms with Gasteiger partial charge in [-0.05, 0) is 57.4 Å². The highest BCUT2D eigenvalue weighted by molar-refractivity contribution is 9.10. The fraction of sp³-hybridized carbons (Fsp3) is 0.562. The van der Waals surface area contributed by atoms with E-state index in [4.69, 9.17) is 0 Å². The lowest BCUT2D eigenvalue weighted by atomic mass is 9.98. The molecule has 7 heteroatoms. The second-order valence-corrected chi connectivity index (χ2v) is 9.10. The number of sulfonamides is 1. The summed E-state index contributed by atoms with van der Waals surface area (Å²) in [5.41, 5.74) is 0.702. The van der Waals surface area contributed by atoms with Gasteiger partial charge >= 0.3 is 0 Å². The van der Waals surface area contributed by atoms with E-state index in [9.17, 15) is 13.2 Å². The predicted octanol–water partition coefficient (Wildman–Crippen LogP) is 2.68. The van der Waals surface area contributed by atoms with E-state index in [2.05, 4.69) is 21.2 Å². The first-order chi connectivity index (χ1) is 10.7. The number of carbonyl (C=O) groups is 1. The molecule has 1 amide bonds. The van der Waals surface area contributed by atoms with Gasteiger partial charge < -0.3 is 5.32 Å². The van der Waals surface area contributed by atoms with Gasteiger partial charge in [-0.3, -0.25) is 4.79 Å². The van der Waals surface area contributed by atoms with Crippen LogP contribution >= 0.6 is 15.9 Å². The molecule has 0 spiro atoms. The molecule has 0 aromatic heterocycles. The Morgan fingerprint density at radius 3 is 2.70 bits per heavy atom. The maximum Gasteiger partial charge on any atom is 0.243 e. The van der Waals surface area contributed by atoms with Crippen molar-refractivity contribution in [2.45, 2.75) is 44.6 Å². The number of hydrogen-bond acceptors (Lipinski definition) is 3. The molecule has 5 nitrogen and oxygen atoms in total. The molecule has 1 heterocycles. The van der Waals surface area contributed by atoms with Gasteiger partial charge in [-0.1, -0.05) is 15.9 Å². The fourth-order valence-electron chi connectivity index (χ4n) is 2.82. The lowest BCUT2D eigenvalue weighted by molar-refractivity contribution is -0.126. The fourth-order valence-corrected chi connectivity index (χ4v) is 5.02. The molecule has 1 aromatic rings. The van der Waals surface area contributed by atoms with E-state index in [1.807, 2.05) is 13.8 Å². The molecule has 0 unspecified atom stereocenters. The topological polar surface area (TPSA) is 66.5 Å². The van der Waals surface area contributed by atoms with Crippen molar-refractivity contribution in [2.75, 3.05) is 13.1 Å². The van der Waals surface area contributed by atoms with Gasteiger partial charge in [-0.25, -0.2) is 8.42 Å². The minimum absolute atomic E-state index is 0.0585. The van der Waals surface area contributed by atoms with Crippen LogP contribution in [0.4, 0.5) is 0 Å². The standard InChI is InChI=1S/C16H23BrN2O3S/c1-11(2)18-16(20)13-5-4-8-19(10-13)23(21,22)15-7-6-14(17)9-12(15)3/h6-7,9,11,13H,4-5,8,10H2,1-3H3,(H,18,20)/t13-/m1/s1. The van der Waals surface area contributed by atoms with Crippen LogP contribution in [-0.2, 0) is 14.8 Å². The number of rotatable bonds is 4. The van der Waals surface area contributed by atoms with Gasteiger partial charge in [0.15, 0.2) is 0 Å². The number of hydrogen-bond donors (Lipinski definition) is 1. The first kappa shape index (κ1) is 18.4. The second kappa shape index (κ2) is 7.32. The number of halogens is 1. The number of nitrogens with one attached hydrogen (secondary N) is 1. The summed E-state index contributed by atoms with van der Waals surface area (Å²) in [6.07, 6.45) is 1.43. The Kier molecular flexibility index (Phi) is 5.86. The largest absolute Gasteiger partial charge is 0.354 e. The van der Waals surface area contributed by atoms with Crippen molar-refractivity contribution in [2.24, 2.45) is 5.92 Å². The van der Waals surface area contributed by atoms with E-state index >= 15 is 0 Å². The zero-order chi connectivity index (χ0) is 17.2. The minimum Gasteiger partial charge on any atom is -0.354 e. The van der Waals surface area contributed by atoms with E-state index in [1.54, 1.807) is 25.1 Å². The molecular formula is C16H23BrN2O3S. The highest BCUT2D eigenvalue weighted by Gasteiger charge is 2.34. The van der Waals surface area contributed by atoms with Crippen LogP contribution in [0.15, 0.2) is 27.6 Å². The monoisotopic (exact) mass is 402 g/mol. The third kappa shape index (κ3) is 4.33. The number of piperidine rings is 1. The normalized spacial score (nSPS) is 19.8. The van der Waals surface area contributed by atoms with Crippen LogP contribution in [0.25, 0.3) is 0 Å². The third-order valence-corrected chi connectivity index (χ3v) is 6.46. The molecule has 1 atom stereocenters. The van der Waals surface area contributed by atoms with Crippen LogP contribution in [0.3, 0.4) is 0 Å². The van der Waals surface area contributed by atoms with Crippen LogP contribution in [0, 0.1) is 12.8 Å². The van der Waals surface area contributed by atoms with Gasteiger partial charge in [0.2, 0.25) is 15.9 Å². The van der Waals surface area contributed by atoms with Crippen molar-refractivity contribution in [3.63, 3.8) is 0 Å². The summed E-state index contributed by atoms with van der Waals surface area (Å²) in [5, 5.41) is 2.88. The molecule has 1 saturated heterocycles. The van der Waals surface area contributed by atoms with Crippen molar-refractivity contribution in [3.8, 4) is 0 Å². The SMILES string of the molecule is Cc1cc(Br)ccc1S(=O)(=O)N1CCC[C@@H](C(=O)NC(C)C)C1. The lowest BCUT2D eigenvalue weighted by Gasteiger charge is -2.32. The Morgan fingerprint density at radius 1 is 1.39 bits per heavy atom. The van der Waals surface area contributed by atoms with E-state index in [1.165, 1.54) is 4.31 Å². The van der Waals surface area contributed by atoms with Gasteiger partial charge in [0.1, 0.15) is 0 Å². The molecular weight excluding hydrogens is 380 g/mol. The highest BCUT2D eigenvalue weighted by Crippen LogP contribution is 2.27. The molecule has 1 aliphatic rings. The average molecular weight is 403 g/mol. The summed E-state index contributed by atoms with van der Waals surface area (Å²) in [7, 11) is -3.57. The summed E-state index contributed by atoms with van der Waals surface area (Å²) >= 11 is 3.35. The molecule has 1 N–H and O–H groups in total. The van der Waals surface area contributed by atoms with Crippen LogP contribution in [0.5, 0.6) is 0 Å². The highest BCUT2D eigenvalue weighted by atomic mass is 79.9. The number of aryl methyl sites for hydroxylation is 1. The third-order valence-electron chi connectivity index (χ3n) is 3.94. The van der Waals surface area contributed by atoms with E-state index in [0.29, 0.717) is 23.4 Å².